The van der Waals surface area contributed by atoms with Gasteiger partial charge in [0.25, 0.3) is 0 Å². The van der Waals surface area contributed by atoms with E-state index in [9.17, 15) is 0 Å². The van der Waals surface area contributed by atoms with Crippen LogP contribution < -0.4 is 0 Å². The van der Waals surface area contributed by atoms with Crippen LogP contribution in [0.1, 0.15) is 0 Å². The number of fused-ring (bicyclic) bond motifs is 6. The number of rotatable bonds is 2. The van der Waals surface area contributed by atoms with E-state index in [4.69, 9.17) is 9.40 Å². The molecule has 7 rings (SSSR count). The molecule has 0 fully saturated rings. The second-order valence-corrected chi connectivity index (χ2v) is 8.14. The summed E-state index contributed by atoms with van der Waals surface area (Å²) >= 11 is 0. The summed E-state index contributed by atoms with van der Waals surface area (Å²) in [6, 6.07) is 31.9. The number of aromatic nitrogens is 2. The van der Waals surface area contributed by atoms with Crippen molar-refractivity contribution < 1.29 is 4.42 Å². The summed E-state index contributed by atoms with van der Waals surface area (Å²) in [5, 5.41) is 4.80. The van der Waals surface area contributed by atoms with Crippen molar-refractivity contribution in [2.75, 3.05) is 0 Å². The number of para-hydroxylation sites is 1. The Kier molecular flexibility index (Phi) is 3.55. The molecule has 4 heterocycles. The molecular formula is C29H18N2O. The Hall–Kier alpha value is -4.37. The molecule has 0 saturated heterocycles. The lowest BCUT2D eigenvalue weighted by Crippen LogP contribution is -1.93. The number of pyridine rings is 2. The van der Waals surface area contributed by atoms with Gasteiger partial charge in [0.15, 0.2) is 0 Å². The average Bonchev–Trinajstić information content (AvgIpc) is 3.51. The molecule has 3 aromatic carbocycles. The largest absolute Gasteiger partial charge is 0.472 e. The molecule has 4 aromatic heterocycles. The zero-order valence-corrected chi connectivity index (χ0v) is 17.2. The van der Waals surface area contributed by atoms with Crippen LogP contribution in [0.3, 0.4) is 0 Å². The first-order valence-electron chi connectivity index (χ1n) is 10.7. The van der Waals surface area contributed by atoms with Gasteiger partial charge in [-0.1, -0.05) is 66.7 Å². The van der Waals surface area contributed by atoms with Crippen molar-refractivity contribution in [2.24, 2.45) is 0 Å². The smallest absolute Gasteiger partial charge is 0.0981 e. The predicted octanol–water partition coefficient (Wildman–Crippen LogP) is 7.72. The molecule has 0 aliphatic carbocycles. The molecule has 0 amide bonds. The molecule has 0 N–H and O–H groups in total. The predicted molar refractivity (Wildman–Crippen MR) is 131 cm³/mol. The highest BCUT2D eigenvalue weighted by molar-refractivity contribution is 6.14. The normalized spacial score (nSPS) is 11.8. The van der Waals surface area contributed by atoms with Crippen LogP contribution in [0.4, 0.5) is 0 Å². The maximum Gasteiger partial charge on any atom is 0.0981 e. The van der Waals surface area contributed by atoms with E-state index in [1.54, 1.807) is 12.5 Å². The summed E-state index contributed by atoms with van der Waals surface area (Å²) in [5.41, 5.74) is 7.60. The summed E-state index contributed by atoms with van der Waals surface area (Å²) in [7, 11) is 0. The Morgan fingerprint density at radius 3 is 2.44 bits per heavy atom. The summed E-state index contributed by atoms with van der Waals surface area (Å²) < 4.78 is 7.60. The van der Waals surface area contributed by atoms with Gasteiger partial charge in [0, 0.05) is 39.2 Å². The molecule has 3 nitrogen and oxygen atoms in total. The lowest BCUT2D eigenvalue weighted by atomic mass is 9.99. The van der Waals surface area contributed by atoms with Crippen LogP contribution in [0.5, 0.6) is 0 Å². The molecule has 0 radical (unpaired) electrons. The monoisotopic (exact) mass is 410 g/mol. The standard InChI is InChI=1S/C29H18N2O/c1-2-8-23-19(6-1)7-5-10-25(23)28-29-26(24-9-3-4-11-27(24)30-28)16-22-13-12-20(17-31(22)29)21-14-15-32-18-21/h1-18H. The molecule has 0 spiro atoms. The summed E-state index contributed by atoms with van der Waals surface area (Å²) in [6.07, 6.45) is 5.68. The topological polar surface area (TPSA) is 30.4 Å². The van der Waals surface area contributed by atoms with Gasteiger partial charge in [-0.2, -0.15) is 0 Å². The van der Waals surface area contributed by atoms with E-state index in [1.165, 1.54) is 21.5 Å². The minimum atomic E-state index is 1.000. The van der Waals surface area contributed by atoms with Crippen molar-refractivity contribution in [1.82, 2.24) is 9.38 Å². The number of hydrogen-bond acceptors (Lipinski definition) is 2. The third-order valence-corrected chi connectivity index (χ3v) is 6.32. The Bertz CT molecular complexity index is 1770. The Morgan fingerprint density at radius 2 is 1.53 bits per heavy atom. The SMILES string of the molecule is c1ccc2c(-c3nc4ccccc4c4cc5ccc(-c6ccoc6)cn5c34)cccc2c1. The molecule has 7 aromatic rings. The van der Waals surface area contributed by atoms with Crippen LogP contribution in [0.15, 0.2) is 114 Å². The maximum atomic E-state index is 5.33. The average molecular weight is 410 g/mol. The quantitative estimate of drug-likeness (QED) is 0.292. The fourth-order valence-corrected chi connectivity index (χ4v) is 4.81. The van der Waals surface area contributed by atoms with E-state index in [-0.39, 0.29) is 0 Å². The van der Waals surface area contributed by atoms with Gasteiger partial charge >= 0.3 is 0 Å². The van der Waals surface area contributed by atoms with Crippen LogP contribution in [0.2, 0.25) is 0 Å². The maximum absolute atomic E-state index is 5.33. The minimum Gasteiger partial charge on any atom is -0.472 e. The lowest BCUT2D eigenvalue weighted by Gasteiger charge is -2.11. The van der Waals surface area contributed by atoms with E-state index in [1.807, 2.05) is 6.07 Å². The number of furan rings is 1. The van der Waals surface area contributed by atoms with E-state index in [0.29, 0.717) is 0 Å². The van der Waals surface area contributed by atoms with E-state index in [0.717, 1.165) is 38.9 Å². The molecule has 0 bridgehead atoms. The zero-order chi connectivity index (χ0) is 21.1. The van der Waals surface area contributed by atoms with Gasteiger partial charge in [-0.25, -0.2) is 4.98 Å². The molecule has 0 unspecified atom stereocenters. The van der Waals surface area contributed by atoms with E-state index < -0.39 is 0 Å². The summed E-state index contributed by atoms with van der Waals surface area (Å²) in [5.74, 6) is 0. The van der Waals surface area contributed by atoms with E-state index in [2.05, 4.69) is 95.5 Å². The van der Waals surface area contributed by atoms with Crippen LogP contribution in [0.25, 0.3) is 60.5 Å². The summed E-state index contributed by atoms with van der Waals surface area (Å²) in [6.45, 7) is 0. The third kappa shape index (κ3) is 2.45. The Labute approximate surface area is 184 Å². The fourth-order valence-electron chi connectivity index (χ4n) is 4.81. The third-order valence-electron chi connectivity index (χ3n) is 6.32. The van der Waals surface area contributed by atoms with Gasteiger partial charge in [0.1, 0.15) is 0 Å². The van der Waals surface area contributed by atoms with Crippen LogP contribution in [-0.4, -0.2) is 9.38 Å². The molecule has 0 aliphatic heterocycles. The van der Waals surface area contributed by atoms with Crippen molar-refractivity contribution in [3.8, 4) is 22.4 Å². The highest BCUT2D eigenvalue weighted by Gasteiger charge is 2.17. The zero-order valence-electron chi connectivity index (χ0n) is 17.2. The minimum absolute atomic E-state index is 1.000. The van der Waals surface area contributed by atoms with Gasteiger partial charge in [-0.15, -0.1) is 0 Å². The molecule has 150 valence electrons. The number of benzene rings is 3. The Balaban J connectivity index is 1.67. The molecule has 0 saturated carbocycles. The Morgan fingerprint density at radius 1 is 0.688 bits per heavy atom. The van der Waals surface area contributed by atoms with Gasteiger partial charge in [-0.3, -0.25) is 0 Å². The first-order chi connectivity index (χ1) is 15.9. The van der Waals surface area contributed by atoms with Gasteiger partial charge in [0.05, 0.1) is 29.3 Å². The van der Waals surface area contributed by atoms with Crippen molar-refractivity contribution >= 4 is 38.1 Å². The highest BCUT2D eigenvalue weighted by Crippen LogP contribution is 2.38. The number of hydrogen-bond donors (Lipinski definition) is 0. The van der Waals surface area contributed by atoms with Crippen LogP contribution in [0, 0.1) is 0 Å². The fraction of sp³-hybridized carbons (Fsp3) is 0. The van der Waals surface area contributed by atoms with E-state index >= 15 is 0 Å². The van der Waals surface area contributed by atoms with Gasteiger partial charge < -0.3 is 8.82 Å². The van der Waals surface area contributed by atoms with Crippen molar-refractivity contribution in [3.05, 3.63) is 110 Å². The summed E-state index contributed by atoms with van der Waals surface area (Å²) in [4.78, 5) is 5.20. The van der Waals surface area contributed by atoms with Crippen molar-refractivity contribution in [2.45, 2.75) is 0 Å². The van der Waals surface area contributed by atoms with Crippen LogP contribution >= 0.6 is 0 Å². The second-order valence-electron chi connectivity index (χ2n) is 8.14. The molecule has 32 heavy (non-hydrogen) atoms. The molecule has 0 aliphatic rings. The highest BCUT2D eigenvalue weighted by atomic mass is 16.3. The molecule has 3 heteroatoms. The second kappa shape index (κ2) is 6.56. The van der Waals surface area contributed by atoms with Gasteiger partial charge in [0.2, 0.25) is 0 Å². The molecular weight excluding hydrogens is 392 g/mol. The first-order valence-corrected chi connectivity index (χ1v) is 10.7. The van der Waals surface area contributed by atoms with Crippen molar-refractivity contribution in [3.63, 3.8) is 0 Å². The number of nitrogens with zero attached hydrogens (tertiary/aromatic N) is 2. The van der Waals surface area contributed by atoms with Crippen LogP contribution in [-0.2, 0) is 0 Å². The molecule has 0 atom stereocenters. The van der Waals surface area contributed by atoms with Crippen molar-refractivity contribution in [1.29, 1.82) is 0 Å². The lowest BCUT2D eigenvalue weighted by molar-refractivity contribution is 0.568. The first kappa shape index (κ1) is 17.3. The van der Waals surface area contributed by atoms with Gasteiger partial charge in [-0.05, 0) is 35.0 Å².